The van der Waals surface area contributed by atoms with Crippen molar-refractivity contribution in [2.45, 2.75) is 37.2 Å². The molecular weight excluding hydrogens is 304 g/mol. The fourth-order valence-corrected chi connectivity index (χ4v) is 5.52. The Hall–Kier alpha value is -0.960. The van der Waals surface area contributed by atoms with Crippen molar-refractivity contribution in [3.05, 3.63) is 0 Å². The van der Waals surface area contributed by atoms with Gasteiger partial charge in [-0.05, 0) is 12.8 Å². The minimum atomic E-state index is -3.07. The Morgan fingerprint density at radius 3 is 2.65 bits per heavy atom. The summed E-state index contributed by atoms with van der Waals surface area (Å²) in [5, 5.41) is 11.6. The zero-order valence-electron chi connectivity index (χ0n) is 11.1. The summed E-state index contributed by atoms with van der Waals surface area (Å²) in [4.78, 5) is 24.8. The molecule has 114 valence electrons. The molecule has 2 aliphatic rings. The van der Waals surface area contributed by atoms with Gasteiger partial charge in [0.2, 0.25) is 0 Å². The van der Waals surface area contributed by atoms with Crippen molar-refractivity contribution in [3.63, 3.8) is 0 Å². The first-order valence-electron chi connectivity index (χ1n) is 6.47. The lowest BCUT2D eigenvalue weighted by molar-refractivity contribution is -0.141. The van der Waals surface area contributed by atoms with E-state index in [2.05, 4.69) is 5.32 Å². The fourth-order valence-electron chi connectivity index (χ4n) is 2.50. The molecule has 0 aromatic carbocycles. The number of nitrogens with zero attached hydrogens (tertiary/aromatic N) is 1. The van der Waals surface area contributed by atoms with Crippen molar-refractivity contribution in [1.82, 2.24) is 10.2 Å². The van der Waals surface area contributed by atoms with E-state index in [9.17, 15) is 18.0 Å². The molecule has 20 heavy (non-hydrogen) atoms. The molecule has 2 saturated heterocycles. The largest absolute Gasteiger partial charge is 0.480 e. The van der Waals surface area contributed by atoms with E-state index in [1.165, 1.54) is 16.7 Å². The molecule has 2 fully saturated rings. The highest BCUT2D eigenvalue weighted by Crippen LogP contribution is 2.31. The van der Waals surface area contributed by atoms with Gasteiger partial charge in [-0.15, -0.1) is 11.8 Å². The Balaban J connectivity index is 2.04. The highest BCUT2D eigenvalue weighted by atomic mass is 32.2. The van der Waals surface area contributed by atoms with Crippen molar-refractivity contribution in [1.29, 1.82) is 0 Å². The van der Waals surface area contributed by atoms with Crippen LogP contribution in [0.4, 0.5) is 4.79 Å². The molecular formula is C11H18N2O5S2. The molecule has 0 aliphatic carbocycles. The van der Waals surface area contributed by atoms with Gasteiger partial charge in [-0.25, -0.2) is 18.0 Å². The number of nitrogens with one attached hydrogen (secondary N) is 1. The number of carboxylic acids is 1. The SMILES string of the molecule is CCC1SCC(C(=O)O)N1C(=O)NC1CCS(=O)(=O)C1. The first-order valence-corrected chi connectivity index (χ1v) is 9.34. The number of hydrogen-bond donors (Lipinski definition) is 2. The molecule has 0 saturated carbocycles. The van der Waals surface area contributed by atoms with Gasteiger partial charge in [0, 0.05) is 11.8 Å². The summed E-state index contributed by atoms with van der Waals surface area (Å²) in [6, 6.07) is -1.73. The topological polar surface area (TPSA) is 104 Å². The summed E-state index contributed by atoms with van der Waals surface area (Å²) < 4.78 is 22.7. The molecule has 3 unspecified atom stereocenters. The van der Waals surface area contributed by atoms with Crippen LogP contribution in [0.25, 0.3) is 0 Å². The quantitative estimate of drug-likeness (QED) is 0.765. The predicted molar refractivity (Wildman–Crippen MR) is 75.4 cm³/mol. The van der Waals surface area contributed by atoms with Crippen LogP contribution in [0.3, 0.4) is 0 Å². The molecule has 9 heteroatoms. The average molecular weight is 322 g/mol. The van der Waals surface area contributed by atoms with Crippen LogP contribution in [0.15, 0.2) is 0 Å². The van der Waals surface area contributed by atoms with Gasteiger partial charge in [0.1, 0.15) is 6.04 Å². The molecule has 0 aromatic rings. The van der Waals surface area contributed by atoms with E-state index in [4.69, 9.17) is 5.11 Å². The van der Waals surface area contributed by atoms with Crippen molar-refractivity contribution in [2.75, 3.05) is 17.3 Å². The smallest absolute Gasteiger partial charge is 0.327 e. The molecule has 2 rings (SSSR count). The van der Waals surface area contributed by atoms with Gasteiger partial charge < -0.3 is 10.4 Å². The van der Waals surface area contributed by atoms with E-state index in [0.717, 1.165) is 0 Å². The maximum atomic E-state index is 12.2. The minimum Gasteiger partial charge on any atom is -0.480 e. The molecule has 2 aliphatic heterocycles. The number of thioether (sulfide) groups is 1. The summed E-state index contributed by atoms with van der Waals surface area (Å²) in [6.07, 6.45) is 1.05. The number of amides is 2. The normalized spacial score (nSPS) is 32.2. The second kappa shape index (κ2) is 5.80. The van der Waals surface area contributed by atoms with Crippen LogP contribution in [0.2, 0.25) is 0 Å². The predicted octanol–water partition coefficient (Wildman–Crippen LogP) is 0.121. The van der Waals surface area contributed by atoms with E-state index in [1.54, 1.807) is 0 Å². The van der Waals surface area contributed by atoms with E-state index in [0.29, 0.717) is 18.6 Å². The van der Waals surface area contributed by atoms with Crippen molar-refractivity contribution in [3.8, 4) is 0 Å². The summed E-state index contributed by atoms with van der Waals surface area (Å²) in [5.41, 5.74) is 0. The molecule has 0 spiro atoms. The van der Waals surface area contributed by atoms with Crippen molar-refractivity contribution >= 4 is 33.6 Å². The van der Waals surface area contributed by atoms with E-state index in [1.807, 2.05) is 6.92 Å². The number of sulfone groups is 1. The second-order valence-corrected chi connectivity index (χ2v) is 8.45. The molecule has 0 aromatic heterocycles. The molecule has 2 amide bonds. The molecule has 0 radical (unpaired) electrons. The Bertz CT molecular complexity index is 507. The minimum absolute atomic E-state index is 0.0613. The van der Waals surface area contributed by atoms with Crippen LogP contribution in [-0.2, 0) is 14.6 Å². The Morgan fingerprint density at radius 1 is 1.45 bits per heavy atom. The monoisotopic (exact) mass is 322 g/mol. The Labute approximate surface area is 122 Å². The molecule has 2 heterocycles. The number of aliphatic carboxylic acids is 1. The standard InChI is InChI=1S/C11H18N2O5S2/c1-2-9-13(8(5-19-9)10(14)15)11(16)12-7-3-4-20(17,18)6-7/h7-9H,2-6H2,1H3,(H,12,16)(H,14,15). The van der Waals surface area contributed by atoms with Crippen LogP contribution in [-0.4, -0.2) is 65.1 Å². The number of hydrogen-bond acceptors (Lipinski definition) is 5. The molecule has 0 bridgehead atoms. The number of urea groups is 1. The van der Waals surface area contributed by atoms with Crippen molar-refractivity contribution in [2.24, 2.45) is 0 Å². The zero-order chi connectivity index (χ0) is 14.9. The van der Waals surface area contributed by atoms with Crippen LogP contribution in [0.1, 0.15) is 19.8 Å². The number of rotatable bonds is 3. The third-order valence-electron chi connectivity index (χ3n) is 3.52. The number of carbonyl (C=O) groups is 2. The second-order valence-electron chi connectivity index (χ2n) is 5.01. The first-order chi connectivity index (χ1) is 9.34. The lowest BCUT2D eigenvalue weighted by Crippen LogP contribution is -2.52. The molecule has 3 atom stereocenters. The van der Waals surface area contributed by atoms with E-state index in [-0.39, 0.29) is 16.9 Å². The fraction of sp³-hybridized carbons (Fsp3) is 0.818. The highest BCUT2D eigenvalue weighted by Gasteiger charge is 2.42. The summed E-state index contributed by atoms with van der Waals surface area (Å²) in [6.45, 7) is 1.89. The van der Waals surface area contributed by atoms with Gasteiger partial charge in [-0.3, -0.25) is 4.90 Å². The van der Waals surface area contributed by atoms with Crippen molar-refractivity contribution < 1.29 is 23.1 Å². The number of carboxylic acid groups (broad SMARTS) is 1. The zero-order valence-corrected chi connectivity index (χ0v) is 12.7. The van der Waals surface area contributed by atoms with Gasteiger partial charge in [-0.1, -0.05) is 6.92 Å². The van der Waals surface area contributed by atoms with E-state index < -0.39 is 33.9 Å². The molecule has 2 N–H and O–H groups in total. The van der Waals surface area contributed by atoms with Gasteiger partial charge in [-0.2, -0.15) is 0 Å². The summed E-state index contributed by atoms with van der Waals surface area (Å²) in [5.74, 6) is -0.646. The number of carbonyl (C=O) groups excluding carboxylic acids is 1. The lowest BCUT2D eigenvalue weighted by Gasteiger charge is -2.28. The lowest BCUT2D eigenvalue weighted by atomic mass is 10.2. The molecule has 7 nitrogen and oxygen atoms in total. The van der Waals surface area contributed by atoms with Crippen LogP contribution in [0, 0.1) is 0 Å². The van der Waals surface area contributed by atoms with Crippen LogP contribution < -0.4 is 5.32 Å². The summed E-state index contributed by atoms with van der Waals surface area (Å²) >= 11 is 1.44. The maximum absolute atomic E-state index is 12.2. The first kappa shape index (κ1) is 15.4. The van der Waals surface area contributed by atoms with Gasteiger partial charge in [0.25, 0.3) is 0 Å². The Kier molecular flexibility index (Phi) is 4.48. The maximum Gasteiger partial charge on any atom is 0.327 e. The Morgan fingerprint density at radius 2 is 2.15 bits per heavy atom. The van der Waals surface area contributed by atoms with Gasteiger partial charge in [0.05, 0.1) is 16.9 Å². The van der Waals surface area contributed by atoms with Gasteiger partial charge >= 0.3 is 12.0 Å². The van der Waals surface area contributed by atoms with E-state index >= 15 is 0 Å². The van der Waals surface area contributed by atoms with Gasteiger partial charge in [0.15, 0.2) is 9.84 Å². The third kappa shape index (κ3) is 3.20. The highest BCUT2D eigenvalue weighted by molar-refractivity contribution is 8.00. The average Bonchev–Trinajstić information content (AvgIpc) is 2.92. The van der Waals surface area contributed by atoms with Crippen LogP contribution in [0.5, 0.6) is 0 Å². The third-order valence-corrected chi connectivity index (χ3v) is 6.74. The van der Waals surface area contributed by atoms with Crippen LogP contribution >= 0.6 is 11.8 Å². The summed E-state index contributed by atoms with van der Waals surface area (Å²) in [7, 11) is -3.07.